The van der Waals surface area contributed by atoms with E-state index < -0.39 is 6.03 Å². The summed E-state index contributed by atoms with van der Waals surface area (Å²) >= 11 is 17.4. The van der Waals surface area contributed by atoms with Crippen molar-refractivity contribution < 1.29 is 9.63 Å². The highest BCUT2D eigenvalue weighted by molar-refractivity contribution is 6.42. The molecule has 2 amide bonds. The third-order valence-electron chi connectivity index (χ3n) is 2.11. The first-order valence-corrected chi connectivity index (χ1v) is 5.90. The highest BCUT2D eigenvalue weighted by Crippen LogP contribution is 2.27. The van der Waals surface area contributed by atoms with E-state index in [2.05, 4.69) is 0 Å². The molecule has 0 unspecified atom stereocenters. The number of amides is 2. The number of halogens is 3. The minimum atomic E-state index is -0.402. The Balaban J connectivity index is 3.01. The van der Waals surface area contributed by atoms with Crippen LogP contribution in [0.4, 0.5) is 10.5 Å². The Morgan fingerprint density at radius 1 is 1.35 bits per heavy atom. The molecular weight excluding hydrogens is 286 g/mol. The average Bonchev–Trinajstić information content (AvgIpc) is 2.33. The molecule has 1 rings (SSSR count). The van der Waals surface area contributed by atoms with E-state index in [4.69, 9.17) is 39.6 Å². The molecule has 0 radical (unpaired) electrons. The number of carbonyl (C=O) groups excluding carboxylic acids is 1. The summed E-state index contributed by atoms with van der Waals surface area (Å²) in [5, 5.41) is 1.83. The van der Waals surface area contributed by atoms with Crippen molar-refractivity contribution in [1.29, 1.82) is 0 Å². The predicted octanol–water partition coefficient (Wildman–Crippen LogP) is 3.61. The van der Waals surface area contributed by atoms with Crippen LogP contribution in [0.5, 0.6) is 0 Å². The van der Waals surface area contributed by atoms with Crippen LogP contribution >= 0.6 is 34.8 Å². The van der Waals surface area contributed by atoms with E-state index in [1.165, 1.54) is 19.1 Å². The average molecular weight is 298 g/mol. The quantitative estimate of drug-likeness (QED) is 0.485. The van der Waals surface area contributed by atoms with E-state index in [0.29, 0.717) is 15.7 Å². The number of alkyl halides is 1. The molecule has 0 N–H and O–H groups in total. The molecule has 0 aromatic heterocycles. The Hall–Kier alpha value is -0.680. The maximum absolute atomic E-state index is 11.9. The summed E-state index contributed by atoms with van der Waals surface area (Å²) in [4.78, 5) is 18.0. The second-order valence-corrected chi connectivity index (χ2v) is 4.16. The lowest BCUT2D eigenvalue weighted by atomic mass is 10.3. The maximum Gasteiger partial charge on any atom is 0.349 e. The Labute approximate surface area is 115 Å². The zero-order chi connectivity index (χ0) is 13.0. The highest BCUT2D eigenvalue weighted by Gasteiger charge is 2.19. The van der Waals surface area contributed by atoms with Crippen LogP contribution in [0.1, 0.15) is 0 Å². The lowest BCUT2D eigenvalue weighted by molar-refractivity contribution is -0.0620. The first kappa shape index (κ1) is 14.4. The molecule has 0 heterocycles. The third kappa shape index (κ3) is 3.39. The van der Waals surface area contributed by atoms with Gasteiger partial charge in [-0.2, -0.15) is 0 Å². The van der Waals surface area contributed by atoms with Gasteiger partial charge in [0.05, 0.1) is 17.2 Å². The van der Waals surface area contributed by atoms with Crippen molar-refractivity contribution in [2.45, 2.75) is 0 Å². The van der Waals surface area contributed by atoms with Crippen molar-refractivity contribution in [3.63, 3.8) is 0 Å². The summed E-state index contributed by atoms with van der Waals surface area (Å²) in [7, 11) is 2.87. The monoisotopic (exact) mass is 296 g/mol. The molecule has 0 aliphatic heterocycles. The summed E-state index contributed by atoms with van der Waals surface area (Å²) in [6.45, 7) is 0. The van der Waals surface area contributed by atoms with Crippen LogP contribution in [0, 0.1) is 0 Å². The highest BCUT2D eigenvalue weighted by atomic mass is 35.5. The number of nitrogens with zero attached hydrogens (tertiary/aromatic N) is 2. The standard InChI is InChI=1S/C10H11Cl3N2O2/c1-14(17-2)10(16)15(6-11)7-3-4-8(12)9(13)5-7/h3-5H,6H2,1-2H3. The number of hydrogen-bond donors (Lipinski definition) is 0. The Morgan fingerprint density at radius 2 is 2.00 bits per heavy atom. The Bertz CT molecular complexity index is 415. The normalized spacial score (nSPS) is 10.2. The Morgan fingerprint density at radius 3 is 2.47 bits per heavy atom. The van der Waals surface area contributed by atoms with Gasteiger partial charge in [-0.05, 0) is 18.2 Å². The third-order valence-corrected chi connectivity index (χ3v) is 3.09. The fourth-order valence-electron chi connectivity index (χ4n) is 1.13. The van der Waals surface area contributed by atoms with Crippen molar-refractivity contribution in [3.8, 4) is 0 Å². The van der Waals surface area contributed by atoms with Crippen LogP contribution in [0.2, 0.25) is 10.0 Å². The molecule has 1 aromatic carbocycles. The molecule has 17 heavy (non-hydrogen) atoms. The first-order valence-electron chi connectivity index (χ1n) is 4.61. The number of urea groups is 1. The van der Waals surface area contributed by atoms with Gasteiger partial charge in [-0.1, -0.05) is 23.2 Å². The van der Waals surface area contributed by atoms with Crippen LogP contribution in [-0.4, -0.2) is 31.3 Å². The van der Waals surface area contributed by atoms with E-state index in [-0.39, 0.29) is 6.00 Å². The second-order valence-electron chi connectivity index (χ2n) is 3.11. The van der Waals surface area contributed by atoms with Crippen LogP contribution in [-0.2, 0) is 4.84 Å². The van der Waals surface area contributed by atoms with E-state index in [9.17, 15) is 4.79 Å². The lowest BCUT2D eigenvalue weighted by Crippen LogP contribution is -2.40. The molecule has 0 aliphatic carbocycles. The zero-order valence-electron chi connectivity index (χ0n) is 9.28. The number of carbonyl (C=O) groups is 1. The summed E-state index contributed by atoms with van der Waals surface area (Å²) < 4.78 is 0. The molecule has 1 aromatic rings. The van der Waals surface area contributed by atoms with Crippen molar-refractivity contribution in [1.82, 2.24) is 5.06 Å². The maximum atomic E-state index is 11.9. The van der Waals surface area contributed by atoms with Crippen molar-refractivity contribution in [2.75, 3.05) is 25.1 Å². The molecule has 0 atom stereocenters. The van der Waals surface area contributed by atoms with Crippen LogP contribution in [0.3, 0.4) is 0 Å². The number of anilines is 1. The molecule has 7 heteroatoms. The number of rotatable bonds is 3. The number of hydroxylamine groups is 2. The van der Waals surface area contributed by atoms with Gasteiger partial charge in [0, 0.05) is 12.7 Å². The molecule has 0 aliphatic rings. The fraction of sp³-hybridized carbons (Fsp3) is 0.300. The molecular formula is C10H11Cl3N2O2. The summed E-state index contributed by atoms with van der Waals surface area (Å²) in [6.07, 6.45) is 0. The minimum absolute atomic E-state index is 0.0233. The molecule has 4 nitrogen and oxygen atoms in total. The summed E-state index contributed by atoms with van der Waals surface area (Å²) in [5.41, 5.74) is 0.545. The van der Waals surface area contributed by atoms with Gasteiger partial charge >= 0.3 is 6.03 Å². The van der Waals surface area contributed by atoms with E-state index >= 15 is 0 Å². The van der Waals surface area contributed by atoms with Crippen molar-refractivity contribution in [2.24, 2.45) is 0 Å². The van der Waals surface area contributed by atoms with E-state index in [0.717, 1.165) is 5.06 Å². The second kappa shape index (κ2) is 6.31. The summed E-state index contributed by atoms with van der Waals surface area (Å²) in [5.74, 6) is 0. The van der Waals surface area contributed by atoms with Gasteiger partial charge in [0.1, 0.15) is 6.00 Å². The molecule has 0 bridgehead atoms. The first-order chi connectivity index (χ1) is 8.01. The molecule has 0 saturated heterocycles. The number of hydrogen-bond acceptors (Lipinski definition) is 2. The van der Waals surface area contributed by atoms with Gasteiger partial charge in [0.2, 0.25) is 0 Å². The molecule has 0 saturated carbocycles. The van der Waals surface area contributed by atoms with Crippen LogP contribution in [0.15, 0.2) is 18.2 Å². The Kier molecular flexibility index (Phi) is 5.33. The predicted molar refractivity (Wildman–Crippen MR) is 69.8 cm³/mol. The molecule has 0 spiro atoms. The van der Waals surface area contributed by atoms with Gasteiger partial charge in [0.25, 0.3) is 0 Å². The lowest BCUT2D eigenvalue weighted by Gasteiger charge is -2.24. The van der Waals surface area contributed by atoms with Crippen LogP contribution in [0.25, 0.3) is 0 Å². The zero-order valence-corrected chi connectivity index (χ0v) is 11.6. The van der Waals surface area contributed by atoms with E-state index in [1.54, 1.807) is 18.2 Å². The SMILES string of the molecule is CON(C)C(=O)N(CCl)c1ccc(Cl)c(Cl)c1. The van der Waals surface area contributed by atoms with Crippen molar-refractivity contribution in [3.05, 3.63) is 28.2 Å². The topological polar surface area (TPSA) is 32.8 Å². The minimum Gasteiger partial charge on any atom is -0.278 e. The number of benzene rings is 1. The van der Waals surface area contributed by atoms with E-state index in [1.807, 2.05) is 0 Å². The van der Waals surface area contributed by atoms with Gasteiger partial charge in [0.15, 0.2) is 0 Å². The van der Waals surface area contributed by atoms with Crippen LogP contribution < -0.4 is 4.90 Å². The smallest absolute Gasteiger partial charge is 0.278 e. The van der Waals surface area contributed by atoms with Gasteiger partial charge in [-0.3, -0.25) is 9.74 Å². The van der Waals surface area contributed by atoms with Gasteiger partial charge in [-0.25, -0.2) is 9.86 Å². The largest absolute Gasteiger partial charge is 0.349 e. The molecule has 0 fully saturated rings. The van der Waals surface area contributed by atoms with Crippen molar-refractivity contribution >= 4 is 46.5 Å². The summed E-state index contributed by atoms with van der Waals surface area (Å²) in [6, 6.07) is 4.38. The fourth-order valence-corrected chi connectivity index (χ4v) is 1.66. The van der Waals surface area contributed by atoms with Gasteiger partial charge in [-0.15, -0.1) is 11.6 Å². The molecule has 94 valence electrons. The van der Waals surface area contributed by atoms with Gasteiger partial charge < -0.3 is 0 Å².